The lowest BCUT2D eigenvalue weighted by molar-refractivity contribution is 0.243. The molecule has 0 aliphatic heterocycles. The second kappa shape index (κ2) is 6.98. The van der Waals surface area contributed by atoms with Crippen molar-refractivity contribution in [3.05, 3.63) is 78.4 Å². The number of aliphatic hydroxyl groups is 1. The van der Waals surface area contributed by atoms with Crippen LogP contribution in [0.3, 0.4) is 0 Å². The molecule has 5 nitrogen and oxygen atoms in total. The maximum absolute atomic E-state index is 9.53. The molecule has 0 radical (unpaired) electrons. The van der Waals surface area contributed by atoms with Gasteiger partial charge in [0.2, 0.25) is 0 Å². The number of nitrogens with zero attached hydrogens (tertiary/aromatic N) is 3. The minimum absolute atomic E-state index is 0.0312. The summed E-state index contributed by atoms with van der Waals surface area (Å²) >= 11 is 0. The van der Waals surface area contributed by atoms with Gasteiger partial charge in [-0.15, -0.1) is 5.10 Å². The fourth-order valence-electron chi connectivity index (χ4n) is 2.27. The van der Waals surface area contributed by atoms with Crippen molar-refractivity contribution in [1.29, 1.82) is 0 Å². The second-order valence-corrected chi connectivity index (χ2v) is 4.97. The average Bonchev–Trinajstić information content (AvgIpc) is 3.06. The molecule has 0 aliphatic carbocycles. The number of aromatic nitrogens is 3. The predicted molar refractivity (Wildman–Crippen MR) is 84.5 cm³/mol. The summed E-state index contributed by atoms with van der Waals surface area (Å²) in [5.74, 6) is 0.693. The van der Waals surface area contributed by atoms with Gasteiger partial charge >= 0.3 is 0 Å². The van der Waals surface area contributed by atoms with Gasteiger partial charge in [0.15, 0.2) is 5.82 Å². The molecule has 0 fully saturated rings. The Balaban J connectivity index is 1.65. The van der Waals surface area contributed by atoms with Gasteiger partial charge in [-0.2, -0.15) is 0 Å². The minimum atomic E-state index is -0.120. The number of benzene rings is 2. The summed E-state index contributed by atoms with van der Waals surface area (Å²) in [6.07, 6.45) is 1.70. The third-order valence-electron chi connectivity index (χ3n) is 3.45. The Bertz CT molecular complexity index is 697. The van der Waals surface area contributed by atoms with E-state index in [2.05, 4.69) is 15.4 Å². The molecule has 0 spiro atoms. The molecule has 112 valence electrons. The molecule has 0 saturated heterocycles. The van der Waals surface area contributed by atoms with Gasteiger partial charge in [0.05, 0.1) is 24.9 Å². The summed E-state index contributed by atoms with van der Waals surface area (Å²) < 4.78 is 1.74. The van der Waals surface area contributed by atoms with Crippen LogP contribution in [0.25, 0.3) is 5.69 Å². The maximum Gasteiger partial charge on any atom is 0.164 e. The Kier molecular flexibility index (Phi) is 4.58. The third kappa shape index (κ3) is 3.39. The topological polar surface area (TPSA) is 63.0 Å². The molecule has 5 heteroatoms. The van der Waals surface area contributed by atoms with Crippen LogP contribution < -0.4 is 5.32 Å². The van der Waals surface area contributed by atoms with Crippen LogP contribution in [0, 0.1) is 0 Å². The molecule has 0 saturated carbocycles. The lowest BCUT2D eigenvalue weighted by atomic mass is 10.1. The van der Waals surface area contributed by atoms with Crippen molar-refractivity contribution in [1.82, 2.24) is 20.1 Å². The van der Waals surface area contributed by atoms with Crippen LogP contribution in [0.15, 0.2) is 67.0 Å². The Hall–Kier alpha value is -2.50. The van der Waals surface area contributed by atoms with Gasteiger partial charge in [-0.25, -0.2) is 9.67 Å². The highest BCUT2D eigenvalue weighted by Gasteiger charge is 2.10. The Morgan fingerprint density at radius 1 is 1.00 bits per heavy atom. The molecule has 3 rings (SSSR count). The van der Waals surface area contributed by atoms with Crippen molar-refractivity contribution >= 4 is 0 Å². The maximum atomic E-state index is 9.53. The van der Waals surface area contributed by atoms with E-state index in [4.69, 9.17) is 0 Å². The smallest absolute Gasteiger partial charge is 0.164 e. The van der Waals surface area contributed by atoms with Crippen LogP contribution >= 0.6 is 0 Å². The largest absolute Gasteiger partial charge is 0.394 e. The minimum Gasteiger partial charge on any atom is -0.394 e. The molecule has 0 unspecified atom stereocenters. The number of hydrogen-bond acceptors (Lipinski definition) is 4. The van der Waals surface area contributed by atoms with Crippen LogP contribution in [0.5, 0.6) is 0 Å². The van der Waals surface area contributed by atoms with Crippen molar-refractivity contribution < 1.29 is 5.11 Å². The standard InChI is InChI=1S/C17H18N4O/c22-12-16(14-7-3-1-4-8-14)18-11-17-19-13-21(20-17)15-9-5-2-6-10-15/h1-10,13,16,18,22H,11-12H2/t16-/m0/s1. The first-order chi connectivity index (χ1) is 10.9. The molecule has 1 aromatic heterocycles. The average molecular weight is 294 g/mol. The van der Waals surface area contributed by atoms with Crippen LogP contribution in [-0.2, 0) is 6.54 Å². The fraction of sp³-hybridized carbons (Fsp3) is 0.176. The van der Waals surface area contributed by atoms with Gasteiger partial charge in [-0.05, 0) is 17.7 Å². The highest BCUT2D eigenvalue weighted by atomic mass is 16.3. The van der Waals surface area contributed by atoms with E-state index in [0.717, 1.165) is 11.3 Å². The van der Waals surface area contributed by atoms with Gasteiger partial charge in [0.1, 0.15) is 6.33 Å². The van der Waals surface area contributed by atoms with Crippen LogP contribution in [0.2, 0.25) is 0 Å². The molecule has 2 N–H and O–H groups in total. The quantitative estimate of drug-likeness (QED) is 0.731. The molecule has 1 heterocycles. The van der Waals surface area contributed by atoms with E-state index in [-0.39, 0.29) is 12.6 Å². The van der Waals surface area contributed by atoms with Crippen molar-refractivity contribution in [2.24, 2.45) is 0 Å². The predicted octanol–water partition coefficient (Wildman–Crippen LogP) is 2.09. The number of rotatable bonds is 6. The van der Waals surface area contributed by atoms with Gasteiger partial charge in [-0.1, -0.05) is 48.5 Å². The molecule has 1 atom stereocenters. The SMILES string of the molecule is OC[C@H](NCc1ncn(-c2ccccc2)n1)c1ccccc1. The van der Waals surface area contributed by atoms with E-state index in [1.54, 1.807) is 11.0 Å². The van der Waals surface area contributed by atoms with Crippen molar-refractivity contribution in [2.75, 3.05) is 6.61 Å². The first-order valence-corrected chi connectivity index (χ1v) is 7.22. The molecular formula is C17H18N4O. The monoisotopic (exact) mass is 294 g/mol. The number of para-hydroxylation sites is 1. The summed E-state index contributed by atoms with van der Waals surface area (Å²) in [6, 6.07) is 19.6. The molecule has 0 amide bonds. The number of hydrogen-bond donors (Lipinski definition) is 2. The van der Waals surface area contributed by atoms with E-state index in [1.807, 2.05) is 60.7 Å². The van der Waals surface area contributed by atoms with Gasteiger partial charge in [0, 0.05) is 0 Å². The third-order valence-corrected chi connectivity index (χ3v) is 3.45. The summed E-state index contributed by atoms with van der Waals surface area (Å²) in [6.45, 7) is 0.531. The zero-order valence-electron chi connectivity index (χ0n) is 12.1. The van der Waals surface area contributed by atoms with Crippen LogP contribution in [0.1, 0.15) is 17.4 Å². The summed E-state index contributed by atoms with van der Waals surface area (Å²) in [4.78, 5) is 4.30. The highest BCUT2D eigenvalue weighted by Crippen LogP contribution is 2.12. The highest BCUT2D eigenvalue weighted by molar-refractivity contribution is 5.29. The number of aliphatic hydroxyl groups excluding tert-OH is 1. The van der Waals surface area contributed by atoms with Gasteiger partial charge < -0.3 is 10.4 Å². The zero-order chi connectivity index (χ0) is 15.2. The van der Waals surface area contributed by atoms with E-state index in [1.165, 1.54) is 0 Å². The fourth-order valence-corrected chi connectivity index (χ4v) is 2.27. The molecule has 3 aromatic rings. The van der Waals surface area contributed by atoms with Gasteiger partial charge in [0.25, 0.3) is 0 Å². The van der Waals surface area contributed by atoms with E-state index >= 15 is 0 Å². The molecule has 2 aromatic carbocycles. The Morgan fingerprint density at radius 2 is 1.68 bits per heavy atom. The second-order valence-electron chi connectivity index (χ2n) is 4.97. The summed E-state index contributed by atoms with van der Waals surface area (Å²) in [5, 5.41) is 17.3. The van der Waals surface area contributed by atoms with E-state index in [9.17, 15) is 5.11 Å². The molecule has 0 aliphatic rings. The van der Waals surface area contributed by atoms with E-state index < -0.39 is 0 Å². The lowest BCUT2D eigenvalue weighted by Crippen LogP contribution is -2.24. The number of nitrogens with one attached hydrogen (secondary N) is 1. The first kappa shape index (κ1) is 14.4. The molecule has 22 heavy (non-hydrogen) atoms. The Labute approximate surface area is 129 Å². The van der Waals surface area contributed by atoms with Gasteiger partial charge in [-0.3, -0.25) is 0 Å². The lowest BCUT2D eigenvalue weighted by Gasteiger charge is -2.15. The Morgan fingerprint density at radius 3 is 2.36 bits per heavy atom. The van der Waals surface area contributed by atoms with Crippen molar-refractivity contribution in [3.63, 3.8) is 0 Å². The normalized spacial score (nSPS) is 12.2. The van der Waals surface area contributed by atoms with Crippen LogP contribution in [-0.4, -0.2) is 26.5 Å². The first-order valence-electron chi connectivity index (χ1n) is 7.22. The zero-order valence-corrected chi connectivity index (χ0v) is 12.1. The van der Waals surface area contributed by atoms with Crippen molar-refractivity contribution in [2.45, 2.75) is 12.6 Å². The summed E-state index contributed by atoms with van der Waals surface area (Å²) in [5.41, 5.74) is 2.02. The summed E-state index contributed by atoms with van der Waals surface area (Å²) in [7, 11) is 0. The van der Waals surface area contributed by atoms with Crippen LogP contribution in [0.4, 0.5) is 0 Å². The molecular weight excluding hydrogens is 276 g/mol. The van der Waals surface area contributed by atoms with E-state index in [0.29, 0.717) is 12.4 Å². The molecule has 0 bridgehead atoms. The van der Waals surface area contributed by atoms with Crippen molar-refractivity contribution in [3.8, 4) is 5.69 Å².